The van der Waals surface area contributed by atoms with Crippen LogP contribution in [0.25, 0.3) is 0 Å². The average molecular weight is 227 g/mol. The highest BCUT2D eigenvalue weighted by Crippen LogP contribution is 2.15. The summed E-state index contributed by atoms with van der Waals surface area (Å²) >= 11 is 5.76. The fraction of sp³-hybridized carbons (Fsp3) is 0.300. The molecule has 2 rings (SSSR count). The van der Waals surface area contributed by atoms with Crippen molar-refractivity contribution in [2.45, 2.75) is 6.54 Å². The fourth-order valence-corrected chi connectivity index (χ4v) is 1.45. The Morgan fingerprint density at radius 2 is 2.07 bits per heavy atom. The van der Waals surface area contributed by atoms with Gasteiger partial charge in [-0.2, -0.15) is 5.06 Å². The largest absolute Gasteiger partial charge is 0.345 e. The number of benzene rings is 1. The van der Waals surface area contributed by atoms with E-state index in [9.17, 15) is 4.79 Å². The van der Waals surface area contributed by atoms with E-state index < -0.39 is 0 Å². The Bertz CT molecular complexity index is 366. The summed E-state index contributed by atoms with van der Waals surface area (Å²) in [5.41, 5.74) is 0.989. The first-order valence-corrected chi connectivity index (χ1v) is 4.94. The topological polar surface area (TPSA) is 32.8 Å². The molecule has 0 aromatic heterocycles. The van der Waals surface area contributed by atoms with Crippen LogP contribution >= 0.6 is 11.6 Å². The summed E-state index contributed by atoms with van der Waals surface area (Å²) in [6.07, 6.45) is 0. The van der Waals surface area contributed by atoms with Crippen molar-refractivity contribution in [1.29, 1.82) is 0 Å². The zero-order chi connectivity index (χ0) is 10.8. The number of carbonyl (C=O) groups excluding carboxylic acids is 1. The van der Waals surface area contributed by atoms with Crippen LogP contribution in [0.1, 0.15) is 5.56 Å². The molecule has 1 fully saturated rings. The van der Waals surface area contributed by atoms with Crippen molar-refractivity contribution in [2.75, 3.05) is 13.8 Å². The molecule has 4 nitrogen and oxygen atoms in total. The summed E-state index contributed by atoms with van der Waals surface area (Å²) in [5, 5.41) is 2.02. The standard InChI is InChI=1S/C10H11ClN2O2/c1-12-7-15-13(10(12)14)6-8-2-4-9(11)5-3-8/h2-5H,6-7H2,1H3. The molecule has 2 amide bonds. The first-order chi connectivity index (χ1) is 7.16. The van der Waals surface area contributed by atoms with Crippen molar-refractivity contribution in [1.82, 2.24) is 9.96 Å². The maximum absolute atomic E-state index is 11.5. The van der Waals surface area contributed by atoms with Crippen LogP contribution in [0.4, 0.5) is 4.79 Å². The van der Waals surface area contributed by atoms with Crippen LogP contribution in [0.2, 0.25) is 5.02 Å². The van der Waals surface area contributed by atoms with Crippen molar-refractivity contribution in [3.63, 3.8) is 0 Å². The maximum atomic E-state index is 11.5. The van der Waals surface area contributed by atoms with Gasteiger partial charge < -0.3 is 4.90 Å². The second-order valence-corrected chi connectivity index (χ2v) is 3.84. The quantitative estimate of drug-likeness (QED) is 0.774. The lowest BCUT2D eigenvalue weighted by atomic mass is 10.2. The third-order valence-corrected chi connectivity index (χ3v) is 2.44. The van der Waals surface area contributed by atoms with Crippen LogP contribution in [-0.2, 0) is 11.4 Å². The molecule has 1 saturated heterocycles. The molecule has 0 aliphatic carbocycles. The van der Waals surface area contributed by atoms with E-state index in [1.165, 1.54) is 9.96 Å². The molecule has 0 atom stereocenters. The van der Waals surface area contributed by atoms with Gasteiger partial charge in [0.1, 0.15) is 0 Å². The minimum absolute atomic E-state index is 0.120. The monoisotopic (exact) mass is 226 g/mol. The lowest BCUT2D eigenvalue weighted by Gasteiger charge is -2.13. The van der Waals surface area contributed by atoms with Crippen molar-refractivity contribution in [3.8, 4) is 0 Å². The first kappa shape index (κ1) is 10.3. The second-order valence-electron chi connectivity index (χ2n) is 3.40. The van der Waals surface area contributed by atoms with E-state index in [-0.39, 0.29) is 6.03 Å². The summed E-state index contributed by atoms with van der Waals surface area (Å²) in [5.74, 6) is 0. The van der Waals surface area contributed by atoms with Gasteiger partial charge in [0, 0.05) is 12.1 Å². The number of hydrogen-bond donors (Lipinski definition) is 0. The third-order valence-electron chi connectivity index (χ3n) is 2.19. The highest BCUT2D eigenvalue weighted by atomic mass is 35.5. The number of hydrogen-bond acceptors (Lipinski definition) is 2. The van der Waals surface area contributed by atoms with Gasteiger partial charge in [0.25, 0.3) is 0 Å². The molecule has 1 aliphatic heterocycles. The van der Waals surface area contributed by atoms with E-state index in [1.807, 2.05) is 12.1 Å². The highest BCUT2D eigenvalue weighted by molar-refractivity contribution is 6.30. The Labute approximate surface area is 92.9 Å². The summed E-state index contributed by atoms with van der Waals surface area (Å²) in [4.78, 5) is 18.2. The molecule has 1 aromatic rings. The normalized spacial score (nSPS) is 16.3. The molecule has 0 unspecified atom stereocenters. The summed E-state index contributed by atoms with van der Waals surface area (Å²) in [6, 6.07) is 7.21. The number of carbonyl (C=O) groups is 1. The van der Waals surface area contributed by atoms with Gasteiger partial charge in [0.05, 0.1) is 6.54 Å². The fourth-order valence-electron chi connectivity index (χ4n) is 1.33. The lowest BCUT2D eigenvalue weighted by Crippen LogP contribution is -2.28. The van der Waals surface area contributed by atoms with Gasteiger partial charge in [0.2, 0.25) is 0 Å². The van der Waals surface area contributed by atoms with E-state index in [0.717, 1.165) is 5.56 Å². The molecular formula is C10H11ClN2O2. The smallest absolute Gasteiger partial charge is 0.300 e. The van der Waals surface area contributed by atoms with Gasteiger partial charge >= 0.3 is 6.03 Å². The third kappa shape index (κ3) is 2.22. The summed E-state index contributed by atoms with van der Waals surface area (Å²) < 4.78 is 0. The van der Waals surface area contributed by atoms with E-state index >= 15 is 0 Å². The number of halogens is 1. The molecule has 15 heavy (non-hydrogen) atoms. The van der Waals surface area contributed by atoms with Crippen LogP contribution in [0.5, 0.6) is 0 Å². The molecule has 1 aromatic carbocycles. The summed E-state index contributed by atoms with van der Waals surface area (Å²) in [6.45, 7) is 0.757. The van der Waals surface area contributed by atoms with Crippen LogP contribution in [0.3, 0.4) is 0 Å². The minimum atomic E-state index is -0.120. The molecule has 0 N–H and O–H groups in total. The Hall–Kier alpha value is -1.26. The van der Waals surface area contributed by atoms with Crippen LogP contribution in [-0.4, -0.2) is 29.8 Å². The van der Waals surface area contributed by atoms with Crippen LogP contribution < -0.4 is 0 Å². The number of rotatable bonds is 2. The van der Waals surface area contributed by atoms with Gasteiger partial charge in [-0.05, 0) is 17.7 Å². The van der Waals surface area contributed by atoms with Gasteiger partial charge in [0.15, 0.2) is 6.73 Å². The maximum Gasteiger partial charge on any atom is 0.345 e. The molecule has 0 spiro atoms. The first-order valence-electron chi connectivity index (χ1n) is 4.57. The highest BCUT2D eigenvalue weighted by Gasteiger charge is 2.26. The van der Waals surface area contributed by atoms with Gasteiger partial charge in [-0.25, -0.2) is 9.63 Å². The summed E-state index contributed by atoms with van der Waals surface area (Å²) in [7, 11) is 1.70. The molecule has 0 radical (unpaired) electrons. The Kier molecular flexibility index (Phi) is 2.79. The van der Waals surface area contributed by atoms with Gasteiger partial charge in [-0.15, -0.1) is 0 Å². The Morgan fingerprint density at radius 3 is 2.60 bits per heavy atom. The number of hydroxylamine groups is 2. The lowest BCUT2D eigenvalue weighted by molar-refractivity contribution is -0.0933. The zero-order valence-corrected chi connectivity index (χ0v) is 9.07. The van der Waals surface area contributed by atoms with Crippen molar-refractivity contribution >= 4 is 17.6 Å². The molecule has 1 aliphatic rings. The van der Waals surface area contributed by atoms with E-state index in [1.54, 1.807) is 19.2 Å². The number of amides is 2. The number of urea groups is 1. The van der Waals surface area contributed by atoms with Crippen molar-refractivity contribution in [2.24, 2.45) is 0 Å². The number of nitrogens with zero attached hydrogens (tertiary/aromatic N) is 2. The van der Waals surface area contributed by atoms with Crippen molar-refractivity contribution in [3.05, 3.63) is 34.9 Å². The van der Waals surface area contributed by atoms with E-state index in [4.69, 9.17) is 16.4 Å². The average Bonchev–Trinajstić information content (AvgIpc) is 2.53. The van der Waals surface area contributed by atoms with Gasteiger partial charge in [-0.3, -0.25) is 0 Å². The molecule has 5 heteroatoms. The molecule has 80 valence electrons. The molecule has 0 saturated carbocycles. The second kappa shape index (κ2) is 4.08. The van der Waals surface area contributed by atoms with E-state index in [2.05, 4.69) is 0 Å². The molecule has 0 bridgehead atoms. The Balaban J connectivity index is 2.03. The predicted molar refractivity (Wildman–Crippen MR) is 56.1 cm³/mol. The van der Waals surface area contributed by atoms with Gasteiger partial charge in [-0.1, -0.05) is 23.7 Å². The predicted octanol–water partition coefficient (Wildman–Crippen LogP) is 2.10. The minimum Gasteiger partial charge on any atom is -0.300 e. The SMILES string of the molecule is CN1CON(Cc2ccc(Cl)cc2)C1=O. The zero-order valence-electron chi connectivity index (χ0n) is 8.31. The molecular weight excluding hydrogens is 216 g/mol. The Morgan fingerprint density at radius 1 is 1.40 bits per heavy atom. The van der Waals surface area contributed by atoms with E-state index in [0.29, 0.717) is 18.3 Å². The molecule has 1 heterocycles. The van der Waals surface area contributed by atoms with Crippen LogP contribution in [0.15, 0.2) is 24.3 Å². The van der Waals surface area contributed by atoms with Crippen LogP contribution in [0, 0.1) is 0 Å². The van der Waals surface area contributed by atoms with Crippen molar-refractivity contribution < 1.29 is 9.63 Å².